The van der Waals surface area contributed by atoms with Crippen LogP contribution in [0.2, 0.25) is 0 Å². The van der Waals surface area contributed by atoms with E-state index >= 15 is 0 Å². The van der Waals surface area contributed by atoms with E-state index < -0.39 is 0 Å². The van der Waals surface area contributed by atoms with Crippen LogP contribution in [0.1, 0.15) is 31.4 Å². The maximum atomic E-state index is 12.2. The number of likely N-dealkylation sites (tertiary alicyclic amines) is 1. The topological polar surface area (TPSA) is 64.8 Å². The molecule has 2 atom stereocenters. The van der Waals surface area contributed by atoms with Gasteiger partial charge in [0.2, 0.25) is 5.91 Å². The van der Waals surface area contributed by atoms with Gasteiger partial charge in [0.15, 0.2) is 0 Å². The molecule has 0 saturated carbocycles. The predicted octanol–water partition coefficient (Wildman–Crippen LogP) is 1.96. The number of nitrogens with two attached hydrogens (primary N) is 1. The number of carbonyl (C=O) groups excluding carboxylic acids is 1. The Labute approximate surface area is 126 Å². The summed E-state index contributed by atoms with van der Waals surface area (Å²) < 4.78 is 10.6. The number of hydrogen-bond donors (Lipinski definition) is 1. The molecule has 1 heterocycles. The van der Waals surface area contributed by atoms with Crippen LogP contribution >= 0.6 is 0 Å². The third-order valence-electron chi connectivity index (χ3n) is 4.06. The van der Waals surface area contributed by atoms with Gasteiger partial charge in [0.1, 0.15) is 11.5 Å². The molecule has 2 unspecified atom stereocenters. The highest BCUT2D eigenvalue weighted by atomic mass is 16.5. The van der Waals surface area contributed by atoms with Crippen LogP contribution in [-0.4, -0.2) is 38.1 Å². The van der Waals surface area contributed by atoms with E-state index in [0.717, 1.165) is 30.7 Å². The van der Waals surface area contributed by atoms with E-state index in [0.29, 0.717) is 12.3 Å². The fourth-order valence-corrected chi connectivity index (χ4v) is 2.78. The third kappa shape index (κ3) is 3.47. The Morgan fingerprint density at radius 1 is 1.38 bits per heavy atom. The molecule has 2 N–H and O–H groups in total. The highest BCUT2D eigenvalue weighted by Gasteiger charge is 2.27. The molecule has 116 valence electrons. The molecule has 5 heteroatoms. The van der Waals surface area contributed by atoms with E-state index in [4.69, 9.17) is 15.2 Å². The molecule has 1 aliphatic heterocycles. The van der Waals surface area contributed by atoms with Crippen molar-refractivity contribution in [3.05, 3.63) is 23.8 Å². The minimum atomic E-state index is -0.264. The molecule has 0 bridgehead atoms. The van der Waals surface area contributed by atoms with Crippen molar-refractivity contribution >= 4 is 5.91 Å². The van der Waals surface area contributed by atoms with Crippen molar-refractivity contribution in [1.82, 2.24) is 4.90 Å². The van der Waals surface area contributed by atoms with E-state index in [1.807, 2.05) is 30.0 Å². The number of methoxy groups -OCH3 is 2. The van der Waals surface area contributed by atoms with Gasteiger partial charge in [0.25, 0.3) is 0 Å². The van der Waals surface area contributed by atoms with Crippen LogP contribution < -0.4 is 15.2 Å². The number of amides is 1. The van der Waals surface area contributed by atoms with Crippen molar-refractivity contribution in [2.24, 2.45) is 11.7 Å². The van der Waals surface area contributed by atoms with Gasteiger partial charge in [-0.05, 0) is 18.9 Å². The summed E-state index contributed by atoms with van der Waals surface area (Å²) in [5, 5.41) is 0. The molecule has 0 aromatic heterocycles. The molecule has 1 amide bonds. The molecule has 1 aromatic carbocycles. The van der Waals surface area contributed by atoms with Crippen LogP contribution in [0.4, 0.5) is 0 Å². The van der Waals surface area contributed by atoms with Gasteiger partial charge < -0.3 is 20.1 Å². The SMILES string of the molecule is COc1ccc(C(N)CN2CCCC(C)C2=O)c(OC)c1. The van der Waals surface area contributed by atoms with Gasteiger partial charge >= 0.3 is 0 Å². The minimum absolute atomic E-state index is 0.101. The zero-order valence-electron chi connectivity index (χ0n) is 13.0. The van der Waals surface area contributed by atoms with Gasteiger partial charge in [0.05, 0.1) is 20.3 Å². The third-order valence-corrected chi connectivity index (χ3v) is 4.06. The molecule has 1 saturated heterocycles. The van der Waals surface area contributed by atoms with Crippen molar-refractivity contribution in [2.75, 3.05) is 27.3 Å². The molecule has 1 fully saturated rings. The van der Waals surface area contributed by atoms with Gasteiger partial charge in [-0.1, -0.05) is 13.0 Å². The Kier molecular flexibility index (Phi) is 5.07. The first-order valence-electron chi connectivity index (χ1n) is 7.33. The maximum Gasteiger partial charge on any atom is 0.225 e. The van der Waals surface area contributed by atoms with Crippen LogP contribution in [0.3, 0.4) is 0 Å². The number of piperidine rings is 1. The molecule has 0 radical (unpaired) electrons. The standard InChI is InChI=1S/C16H24N2O3/c1-11-5-4-8-18(16(11)19)10-14(17)13-7-6-12(20-2)9-15(13)21-3/h6-7,9,11,14H,4-5,8,10,17H2,1-3H3. The highest BCUT2D eigenvalue weighted by Crippen LogP contribution is 2.29. The van der Waals surface area contributed by atoms with E-state index in [1.54, 1.807) is 14.2 Å². The average Bonchev–Trinajstić information content (AvgIpc) is 2.51. The van der Waals surface area contributed by atoms with Gasteiger partial charge in [0, 0.05) is 30.6 Å². The monoisotopic (exact) mass is 292 g/mol. The smallest absolute Gasteiger partial charge is 0.225 e. The summed E-state index contributed by atoms with van der Waals surface area (Å²) in [7, 11) is 3.22. The summed E-state index contributed by atoms with van der Waals surface area (Å²) in [6, 6.07) is 5.31. The zero-order chi connectivity index (χ0) is 15.4. The largest absolute Gasteiger partial charge is 0.497 e. The van der Waals surface area contributed by atoms with Gasteiger partial charge in [-0.15, -0.1) is 0 Å². The van der Waals surface area contributed by atoms with Crippen molar-refractivity contribution in [2.45, 2.75) is 25.8 Å². The summed E-state index contributed by atoms with van der Waals surface area (Å²) in [4.78, 5) is 14.0. The Balaban J connectivity index is 2.12. The lowest BCUT2D eigenvalue weighted by molar-refractivity contribution is -0.138. The molecular weight excluding hydrogens is 268 g/mol. The van der Waals surface area contributed by atoms with Gasteiger partial charge in [-0.25, -0.2) is 0 Å². The highest BCUT2D eigenvalue weighted by molar-refractivity contribution is 5.79. The Morgan fingerprint density at radius 2 is 2.14 bits per heavy atom. The lowest BCUT2D eigenvalue weighted by Crippen LogP contribution is -2.43. The Hall–Kier alpha value is -1.75. The van der Waals surface area contributed by atoms with Crippen LogP contribution in [0.25, 0.3) is 0 Å². The second-order valence-corrected chi connectivity index (χ2v) is 5.54. The van der Waals surface area contributed by atoms with Gasteiger partial charge in [-0.3, -0.25) is 4.79 Å². The normalized spacial score (nSPS) is 20.3. The molecule has 1 aliphatic rings. The van der Waals surface area contributed by atoms with Gasteiger partial charge in [-0.2, -0.15) is 0 Å². The predicted molar refractivity (Wildman–Crippen MR) is 81.5 cm³/mol. The van der Waals surface area contributed by atoms with Crippen LogP contribution in [-0.2, 0) is 4.79 Å². The van der Waals surface area contributed by atoms with E-state index in [1.165, 1.54) is 0 Å². The Morgan fingerprint density at radius 3 is 2.81 bits per heavy atom. The van der Waals surface area contributed by atoms with E-state index in [-0.39, 0.29) is 17.9 Å². The van der Waals surface area contributed by atoms with E-state index in [9.17, 15) is 4.79 Å². The second-order valence-electron chi connectivity index (χ2n) is 5.54. The number of nitrogens with zero attached hydrogens (tertiary/aromatic N) is 1. The first kappa shape index (κ1) is 15.6. The minimum Gasteiger partial charge on any atom is -0.497 e. The molecule has 21 heavy (non-hydrogen) atoms. The summed E-state index contributed by atoms with van der Waals surface area (Å²) in [5.41, 5.74) is 7.18. The average molecular weight is 292 g/mol. The fourth-order valence-electron chi connectivity index (χ4n) is 2.78. The lowest BCUT2D eigenvalue weighted by Gasteiger charge is -2.32. The van der Waals surface area contributed by atoms with Crippen LogP contribution in [0.5, 0.6) is 11.5 Å². The number of benzene rings is 1. The van der Waals surface area contributed by atoms with Crippen molar-refractivity contribution in [3.8, 4) is 11.5 Å². The molecule has 0 aliphatic carbocycles. The van der Waals surface area contributed by atoms with Crippen molar-refractivity contribution < 1.29 is 14.3 Å². The summed E-state index contributed by atoms with van der Waals surface area (Å²) >= 11 is 0. The van der Waals surface area contributed by atoms with Crippen LogP contribution in [0.15, 0.2) is 18.2 Å². The first-order chi connectivity index (χ1) is 10.1. The first-order valence-corrected chi connectivity index (χ1v) is 7.33. The second kappa shape index (κ2) is 6.80. The molecule has 0 spiro atoms. The number of ether oxygens (including phenoxy) is 2. The summed E-state index contributed by atoms with van der Waals surface area (Å²) in [6.07, 6.45) is 2.01. The molecular formula is C16H24N2O3. The number of rotatable bonds is 5. The molecule has 1 aromatic rings. The summed E-state index contributed by atoms with van der Waals surface area (Å²) in [5.74, 6) is 1.72. The lowest BCUT2D eigenvalue weighted by atomic mass is 9.97. The fraction of sp³-hybridized carbons (Fsp3) is 0.562. The van der Waals surface area contributed by atoms with Crippen molar-refractivity contribution in [3.63, 3.8) is 0 Å². The molecule has 5 nitrogen and oxygen atoms in total. The Bertz CT molecular complexity index is 504. The zero-order valence-corrected chi connectivity index (χ0v) is 13.0. The van der Waals surface area contributed by atoms with Crippen molar-refractivity contribution in [1.29, 1.82) is 0 Å². The van der Waals surface area contributed by atoms with E-state index in [2.05, 4.69) is 0 Å². The summed E-state index contributed by atoms with van der Waals surface area (Å²) in [6.45, 7) is 3.29. The number of hydrogen-bond acceptors (Lipinski definition) is 4. The molecule has 2 rings (SSSR count). The maximum absolute atomic E-state index is 12.2. The quantitative estimate of drug-likeness (QED) is 0.901. The number of carbonyl (C=O) groups is 1. The van der Waals surface area contributed by atoms with Crippen LogP contribution in [0, 0.1) is 5.92 Å².